The molecular formula is C17H23ClN2O2. The molecule has 2 aliphatic rings. The SMILES string of the molecule is CN(C)CCN1C(=O)CC2(CCCc3ccccc32)C1=O.Cl. The Morgan fingerprint density at radius 1 is 1.23 bits per heavy atom. The van der Waals surface area contributed by atoms with Crippen LogP contribution in [0.5, 0.6) is 0 Å². The highest BCUT2D eigenvalue weighted by Gasteiger charge is 2.53. The van der Waals surface area contributed by atoms with Crippen LogP contribution in [0.25, 0.3) is 0 Å². The molecule has 1 atom stereocenters. The van der Waals surface area contributed by atoms with E-state index < -0.39 is 5.41 Å². The number of nitrogens with zero attached hydrogens (tertiary/aromatic N) is 2. The van der Waals surface area contributed by atoms with Crippen LogP contribution in [0.15, 0.2) is 24.3 Å². The standard InChI is InChI=1S/C17H22N2O2.ClH/c1-18(2)10-11-19-15(20)12-17(16(19)21)9-5-7-13-6-3-4-8-14(13)17;/h3-4,6,8H,5,7,9-12H2,1-2H3;1H. The van der Waals surface area contributed by atoms with Crippen molar-refractivity contribution in [3.8, 4) is 0 Å². The van der Waals surface area contributed by atoms with Crippen LogP contribution in [0.1, 0.15) is 30.4 Å². The molecule has 1 aliphatic carbocycles. The van der Waals surface area contributed by atoms with E-state index in [2.05, 4.69) is 6.07 Å². The molecule has 0 aromatic heterocycles. The molecule has 0 radical (unpaired) electrons. The number of likely N-dealkylation sites (tertiary alicyclic amines) is 1. The number of carbonyl (C=O) groups is 2. The number of amides is 2. The topological polar surface area (TPSA) is 40.6 Å². The second kappa shape index (κ2) is 6.39. The lowest BCUT2D eigenvalue weighted by Gasteiger charge is -2.33. The van der Waals surface area contributed by atoms with Crippen molar-refractivity contribution in [1.29, 1.82) is 0 Å². The zero-order valence-corrected chi connectivity index (χ0v) is 14.0. The summed E-state index contributed by atoms with van der Waals surface area (Å²) in [6.07, 6.45) is 3.14. The fourth-order valence-corrected chi connectivity index (χ4v) is 3.65. The maximum absolute atomic E-state index is 13.0. The van der Waals surface area contributed by atoms with Gasteiger partial charge in [0.25, 0.3) is 0 Å². The third-order valence-electron chi connectivity index (χ3n) is 4.76. The van der Waals surface area contributed by atoms with E-state index in [-0.39, 0.29) is 24.2 Å². The molecule has 1 aromatic rings. The van der Waals surface area contributed by atoms with Gasteiger partial charge in [0.05, 0.1) is 5.41 Å². The van der Waals surface area contributed by atoms with Crippen molar-refractivity contribution in [2.75, 3.05) is 27.2 Å². The molecule has 0 N–H and O–H groups in total. The van der Waals surface area contributed by atoms with E-state index in [1.54, 1.807) is 0 Å². The van der Waals surface area contributed by atoms with Crippen LogP contribution in [0.4, 0.5) is 0 Å². The molecule has 22 heavy (non-hydrogen) atoms. The minimum absolute atomic E-state index is 0. The smallest absolute Gasteiger partial charge is 0.240 e. The number of hydrogen-bond donors (Lipinski definition) is 0. The molecule has 1 heterocycles. The van der Waals surface area contributed by atoms with Gasteiger partial charge in [-0.15, -0.1) is 12.4 Å². The minimum Gasteiger partial charge on any atom is -0.308 e. The van der Waals surface area contributed by atoms with Crippen molar-refractivity contribution in [2.24, 2.45) is 0 Å². The van der Waals surface area contributed by atoms with Crippen LogP contribution in [0.2, 0.25) is 0 Å². The Bertz CT molecular complexity index is 588. The molecule has 0 saturated carbocycles. The molecule has 1 unspecified atom stereocenters. The molecule has 0 bridgehead atoms. The Kier molecular flexibility index (Phi) is 4.93. The third-order valence-corrected chi connectivity index (χ3v) is 4.76. The van der Waals surface area contributed by atoms with Gasteiger partial charge >= 0.3 is 0 Å². The van der Waals surface area contributed by atoms with Crippen molar-refractivity contribution in [2.45, 2.75) is 31.1 Å². The normalized spacial score (nSPS) is 23.9. The van der Waals surface area contributed by atoms with E-state index in [4.69, 9.17) is 0 Å². The highest BCUT2D eigenvalue weighted by molar-refractivity contribution is 6.09. The van der Waals surface area contributed by atoms with E-state index in [9.17, 15) is 9.59 Å². The summed E-state index contributed by atoms with van der Waals surface area (Å²) in [4.78, 5) is 28.8. The van der Waals surface area contributed by atoms with Crippen molar-refractivity contribution in [1.82, 2.24) is 9.80 Å². The number of fused-ring (bicyclic) bond motifs is 2. The maximum Gasteiger partial charge on any atom is 0.240 e. The predicted molar refractivity (Wildman–Crippen MR) is 88.2 cm³/mol. The van der Waals surface area contributed by atoms with Crippen molar-refractivity contribution >= 4 is 24.2 Å². The van der Waals surface area contributed by atoms with Gasteiger partial charge in [0.15, 0.2) is 0 Å². The zero-order chi connectivity index (χ0) is 15.0. The summed E-state index contributed by atoms with van der Waals surface area (Å²) in [6.45, 7) is 1.21. The van der Waals surface area contributed by atoms with E-state index in [1.165, 1.54) is 10.5 Å². The Labute approximate surface area is 137 Å². The van der Waals surface area contributed by atoms with E-state index in [1.807, 2.05) is 37.2 Å². The van der Waals surface area contributed by atoms with Crippen molar-refractivity contribution in [3.05, 3.63) is 35.4 Å². The zero-order valence-electron chi connectivity index (χ0n) is 13.2. The third kappa shape index (κ3) is 2.66. The number of likely N-dealkylation sites (N-methyl/N-ethyl adjacent to an activating group) is 1. The summed E-state index contributed by atoms with van der Waals surface area (Å²) in [5, 5.41) is 0. The second-order valence-electron chi connectivity index (χ2n) is 6.42. The first-order valence-electron chi connectivity index (χ1n) is 7.62. The lowest BCUT2D eigenvalue weighted by molar-refractivity contribution is -0.140. The first-order valence-corrected chi connectivity index (χ1v) is 7.62. The molecule has 1 aromatic carbocycles. The number of halogens is 1. The summed E-state index contributed by atoms with van der Waals surface area (Å²) < 4.78 is 0. The monoisotopic (exact) mass is 322 g/mol. The Hall–Kier alpha value is -1.39. The van der Waals surface area contributed by atoms with Crippen LogP contribution in [-0.4, -0.2) is 48.8 Å². The van der Waals surface area contributed by atoms with Crippen LogP contribution in [0.3, 0.4) is 0 Å². The number of imide groups is 1. The highest BCUT2D eigenvalue weighted by Crippen LogP contribution is 2.45. The van der Waals surface area contributed by atoms with Gasteiger partial charge in [0.1, 0.15) is 0 Å². The Morgan fingerprint density at radius 3 is 2.68 bits per heavy atom. The fourth-order valence-electron chi connectivity index (χ4n) is 3.65. The minimum atomic E-state index is -0.585. The van der Waals surface area contributed by atoms with Gasteiger partial charge < -0.3 is 4.90 Å². The summed E-state index contributed by atoms with van der Waals surface area (Å²) in [5.74, 6) is 0.0000491. The molecular weight excluding hydrogens is 300 g/mol. The molecule has 4 nitrogen and oxygen atoms in total. The highest BCUT2D eigenvalue weighted by atomic mass is 35.5. The van der Waals surface area contributed by atoms with Crippen molar-refractivity contribution in [3.63, 3.8) is 0 Å². The quantitative estimate of drug-likeness (QED) is 0.799. The van der Waals surface area contributed by atoms with E-state index in [0.29, 0.717) is 13.0 Å². The summed E-state index contributed by atoms with van der Waals surface area (Å²) >= 11 is 0. The maximum atomic E-state index is 13.0. The lowest BCUT2D eigenvalue weighted by atomic mass is 9.69. The van der Waals surface area contributed by atoms with Gasteiger partial charge in [-0.3, -0.25) is 14.5 Å². The number of benzene rings is 1. The van der Waals surface area contributed by atoms with Crippen LogP contribution in [0, 0.1) is 0 Å². The molecule has 3 rings (SSSR count). The fraction of sp³-hybridized carbons (Fsp3) is 0.529. The Morgan fingerprint density at radius 2 is 1.95 bits per heavy atom. The number of rotatable bonds is 3. The molecule has 2 amide bonds. The van der Waals surface area contributed by atoms with Gasteiger partial charge in [-0.05, 0) is 44.5 Å². The molecule has 120 valence electrons. The van der Waals surface area contributed by atoms with E-state index in [0.717, 1.165) is 31.4 Å². The second-order valence-corrected chi connectivity index (χ2v) is 6.42. The summed E-state index contributed by atoms with van der Waals surface area (Å²) in [5.41, 5.74) is 1.74. The number of hydrogen-bond acceptors (Lipinski definition) is 3. The summed E-state index contributed by atoms with van der Waals surface area (Å²) in [6, 6.07) is 8.13. The van der Waals surface area contributed by atoms with Gasteiger partial charge in [0, 0.05) is 19.5 Å². The molecule has 1 saturated heterocycles. The van der Waals surface area contributed by atoms with Crippen LogP contribution >= 0.6 is 12.4 Å². The molecule has 5 heteroatoms. The average Bonchev–Trinajstić information content (AvgIpc) is 2.69. The molecule has 1 fully saturated rings. The number of aryl methyl sites for hydroxylation is 1. The van der Waals surface area contributed by atoms with Gasteiger partial charge in [0.2, 0.25) is 11.8 Å². The Balaban J connectivity index is 0.00000176. The van der Waals surface area contributed by atoms with Crippen molar-refractivity contribution < 1.29 is 9.59 Å². The summed E-state index contributed by atoms with van der Waals surface area (Å²) in [7, 11) is 3.91. The van der Waals surface area contributed by atoms with Crippen LogP contribution in [-0.2, 0) is 21.4 Å². The molecule has 1 aliphatic heterocycles. The van der Waals surface area contributed by atoms with E-state index >= 15 is 0 Å². The van der Waals surface area contributed by atoms with Gasteiger partial charge in [-0.1, -0.05) is 24.3 Å². The molecule has 1 spiro atoms. The van der Waals surface area contributed by atoms with Crippen LogP contribution < -0.4 is 0 Å². The van der Waals surface area contributed by atoms with Gasteiger partial charge in [-0.2, -0.15) is 0 Å². The average molecular weight is 323 g/mol. The number of carbonyl (C=O) groups excluding carboxylic acids is 2. The van der Waals surface area contributed by atoms with Gasteiger partial charge in [-0.25, -0.2) is 0 Å². The lowest BCUT2D eigenvalue weighted by Crippen LogP contribution is -2.42. The predicted octanol–water partition coefficient (Wildman–Crippen LogP) is 2.00. The largest absolute Gasteiger partial charge is 0.308 e. The first-order chi connectivity index (χ1) is 10.0. The first kappa shape index (κ1) is 17.0.